The highest BCUT2D eigenvalue weighted by Gasteiger charge is 2.22. The molecule has 1 fully saturated rings. The number of aliphatic imine (C=N–C) groups is 1. The van der Waals surface area contributed by atoms with Gasteiger partial charge in [-0.05, 0) is 49.4 Å². The number of hydrogen-bond donors (Lipinski definition) is 1. The van der Waals surface area contributed by atoms with Crippen molar-refractivity contribution in [1.82, 2.24) is 18.9 Å². The summed E-state index contributed by atoms with van der Waals surface area (Å²) in [6.07, 6.45) is 1.61. The molecule has 1 N–H and O–H groups in total. The maximum absolute atomic E-state index is 13.3. The number of aryl methyl sites for hydroxylation is 3. The highest BCUT2D eigenvalue weighted by molar-refractivity contribution is 6.30. The number of aromatic amines is 1. The Labute approximate surface area is 236 Å². The lowest BCUT2D eigenvalue weighted by molar-refractivity contribution is 0.654. The first-order valence-corrected chi connectivity index (χ1v) is 13.6. The molecule has 0 unspecified atom stereocenters. The van der Waals surface area contributed by atoms with Crippen LogP contribution in [0.3, 0.4) is 0 Å². The fourth-order valence-corrected chi connectivity index (χ4v) is 5.55. The quantitative estimate of drug-likeness (QED) is 0.326. The normalized spacial score (nSPS) is 14.1. The fraction of sp³-hybridized carbons (Fsp3) is 0.233. The van der Waals surface area contributed by atoms with E-state index in [0.717, 1.165) is 42.9 Å². The number of hydrogen-bond acceptors (Lipinski definition) is 5. The Morgan fingerprint density at radius 1 is 0.825 bits per heavy atom. The Morgan fingerprint density at radius 3 is 2.17 bits per heavy atom. The monoisotopic (exact) mass is 555 g/mol. The number of fused-ring (bicyclic) bond motifs is 1. The molecule has 5 aromatic rings. The van der Waals surface area contributed by atoms with E-state index in [2.05, 4.69) is 39.2 Å². The molecule has 1 saturated heterocycles. The summed E-state index contributed by atoms with van der Waals surface area (Å²) in [7, 11) is 3.54. The topological polar surface area (TPSA) is 83.6 Å². The van der Waals surface area contributed by atoms with Crippen LogP contribution in [0.5, 0.6) is 0 Å². The molecule has 0 radical (unpaired) electrons. The molecule has 3 heterocycles. The van der Waals surface area contributed by atoms with E-state index in [4.69, 9.17) is 16.6 Å². The average molecular weight is 556 g/mol. The molecular formula is C30H30ClN7O2. The number of anilines is 2. The minimum Gasteiger partial charge on any atom is -0.368 e. The minimum atomic E-state index is -0.213. The number of nitrogens with zero attached hydrogens (tertiary/aromatic N) is 6. The van der Waals surface area contributed by atoms with Gasteiger partial charge in [0.1, 0.15) is 0 Å². The van der Waals surface area contributed by atoms with E-state index < -0.39 is 0 Å². The first-order valence-electron chi connectivity index (χ1n) is 13.2. The van der Waals surface area contributed by atoms with Crippen LogP contribution >= 0.6 is 11.6 Å². The number of benzene rings is 3. The van der Waals surface area contributed by atoms with Crippen molar-refractivity contribution in [2.45, 2.75) is 6.92 Å². The lowest BCUT2D eigenvalue weighted by atomic mass is 10.1. The van der Waals surface area contributed by atoms with Gasteiger partial charge in [0.25, 0.3) is 5.56 Å². The minimum absolute atomic E-state index is 0.0955. The van der Waals surface area contributed by atoms with Crippen molar-refractivity contribution in [2.24, 2.45) is 19.1 Å². The van der Waals surface area contributed by atoms with Crippen LogP contribution in [0.2, 0.25) is 5.02 Å². The predicted molar refractivity (Wildman–Crippen MR) is 162 cm³/mol. The van der Waals surface area contributed by atoms with Gasteiger partial charge in [0.15, 0.2) is 0 Å². The first kappa shape index (κ1) is 25.8. The molecule has 40 heavy (non-hydrogen) atoms. The number of rotatable bonds is 5. The van der Waals surface area contributed by atoms with Crippen LogP contribution in [0.25, 0.3) is 16.7 Å². The lowest BCUT2D eigenvalue weighted by Crippen LogP contribution is -2.46. The molecule has 6 rings (SSSR count). The van der Waals surface area contributed by atoms with Crippen LogP contribution in [0.4, 0.5) is 17.1 Å². The van der Waals surface area contributed by atoms with Crippen LogP contribution in [0.15, 0.2) is 81.3 Å². The van der Waals surface area contributed by atoms with Crippen molar-refractivity contribution in [3.63, 3.8) is 0 Å². The van der Waals surface area contributed by atoms with E-state index in [1.165, 1.54) is 10.4 Å². The highest BCUT2D eigenvalue weighted by Crippen LogP contribution is 2.34. The summed E-state index contributed by atoms with van der Waals surface area (Å²) >= 11 is 6.15. The molecule has 10 heteroatoms. The van der Waals surface area contributed by atoms with Gasteiger partial charge in [-0.1, -0.05) is 35.9 Å². The standard InChI is InChI=1S/C30H30ClN7O2/c1-20-24(29(39)38(33-20)23-11-7-8-21(31)16-23)19-32-25-17-27-28(35(3)30(40)34(27)2)18-26(25)37-14-12-36(13-15-37)22-9-5-4-6-10-22/h4-11,16-19,33H,12-15H2,1-3H3. The van der Waals surface area contributed by atoms with E-state index in [1.54, 1.807) is 47.6 Å². The molecule has 0 aliphatic carbocycles. The van der Waals surface area contributed by atoms with Crippen molar-refractivity contribution >= 4 is 45.9 Å². The maximum atomic E-state index is 13.3. The smallest absolute Gasteiger partial charge is 0.328 e. The molecule has 0 amide bonds. The Morgan fingerprint density at radius 2 is 1.48 bits per heavy atom. The molecule has 1 aliphatic heterocycles. The number of piperazine rings is 1. The number of aromatic nitrogens is 4. The van der Waals surface area contributed by atoms with Crippen LogP contribution in [-0.2, 0) is 14.1 Å². The fourth-order valence-electron chi connectivity index (χ4n) is 5.37. The third-order valence-corrected chi connectivity index (χ3v) is 7.86. The van der Waals surface area contributed by atoms with E-state index in [-0.39, 0.29) is 11.2 Å². The second-order valence-electron chi connectivity index (χ2n) is 10.1. The number of imidazole rings is 1. The van der Waals surface area contributed by atoms with Crippen molar-refractivity contribution in [1.29, 1.82) is 0 Å². The maximum Gasteiger partial charge on any atom is 0.328 e. The summed E-state index contributed by atoms with van der Waals surface area (Å²) in [5.74, 6) is 0. The summed E-state index contributed by atoms with van der Waals surface area (Å²) < 4.78 is 4.75. The van der Waals surface area contributed by atoms with Gasteiger partial charge in [0, 0.05) is 62.9 Å². The van der Waals surface area contributed by atoms with Crippen molar-refractivity contribution in [3.05, 3.63) is 104 Å². The molecule has 0 atom stereocenters. The summed E-state index contributed by atoms with van der Waals surface area (Å²) in [5, 5.41) is 3.68. The molecule has 0 bridgehead atoms. The molecule has 1 aliphatic rings. The lowest BCUT2D eigenvalue weighted by Gasteiger charge is -2.37. The van der Waals surface area contributed by atoms with Crippen molar-refractivity contribution in [3.8, 4) is 5.69 Å². The van der Waals surface area contributed by atoms with Gasteiger partial charge in [0.2, 0.25) is 0 Å². The number of para-hydroxylation sites is 1. The zero-order chi connectivity index (χ0) is 28.0. The van der Waals surface area contributed by atoms with Crippen LogP contribution < -0.4 is 21.0 Å². The summed E-state index contributed by atoms with van der Waals surface area (Å²) in [5.41, 5.74) is 5.97. The van der Waals surface area contributed by atoms with Crippen molar-refractivity contribution < 1.29 is 0 Å². The molecule has 2 aromatic heterocycles. The Hall–Kier alpha value is -4.50. The van der Waals surface area contributed by atoms with Crippen molar-refractivity contribution in [2.75, 3.05) is 36.0 Å². The van der Waals surface area contributed by atoms with E-state index in [0.29, 0.717) is 27.7 Å². The third kappa shape index (κ3) is 4.52. The SMILES string of the molecule is Cc1[nH]n(-c2cccc(Cl)c2)c(=O)c1C=Nc1cc2c(cc1N1CCN(c3ccccc3)CC1)n(C)c(=O)n2C. The largest absolute Gasteiger partial charge is 0.368 e. The van der Waals surface area contributed by atoms with Gasteiger partial charge in [-0.2, -0.15) is 0 Å². The predicted octanol–water partition coefficient (Wildman–Crippen LogP) is 4.40. The zero-order valence-electron chi connectivity index (χ0n) is 22.6. The third-order valence-electron chi connectivity index (χ3n) is 7.63. The van der Waals surface area contributed by atoms with Crippen LogP contribution in [0.1, 0.15) is 11.3 Å². The van der Waals surface area contributed by atoms with E-state index >= 15 is 0 Å². The van der Waals surface area contributed by atoms with Gasteiger partial charge in [-0.3, -0.25) is 24.0 Å². The number of H-pyrrole nitrogens is 1. The number of nitrogens with one attached hydrogen (secondary N) is 1. The molecular weight excluding hydrogens is 526 g/mol. The average Bonchev–Trinajstić information content (AvgIpc) is 3.38. The Balaban J connectivity index is 1.39. The van der Waals surface area contributed by atoms with Gasteiger partial charge in [0.05, 0.1) is 33.7 Å². The summed E-state index contributed by atoms with van der Waals surface area (Å²) in [4.78, 5) is 35.6. The van der Waals surface area contributed by atoms with Gasteiger partial charge in [-0.25, -0.2) is 9.48 Å². The molecule has 0 spiro atoms. The Kier molecular flexibility index (Phi) is 6.59. The summed E-state index contributed by atoms with van der Waals surface area (Å²) in [6, 6.07) is 21.5. The van der Waals surface area contributed by atoms with Crippen LogP contribution in [-0.4, -0.2) is 51.3 Å². The molecule has 204 valence electrons. The molecule has 3 aromatic carbocycles. The van der Waals surface area contributed by atoms with Crippen LogP contribution in [0, 0.1) is 6.92 Å². The van der Waals surface area contributed by atoms with Gasteiger partial charge >= 0.3 is 5.69 Å². The van der Waals surface area contributed by atoms with E-state index in [1.807, 2.05) is 31.2 Å². The number of halogens is 1. The summed E-state index contributed by atoms with van der Waals surface area (Å²) in [6.45, 7) is 5.17. The highest BCUT2D eigenvalue weighted by atomic mass is 35.5. The van der Waals surface area contributed by atoms with E-state index in [9.17, 15) is 9.59 Å². The second kappa shape index (κ2) is 10.2. The van der Waals surface area contributed by atoms with Gasteiger partial charge in [-0.15, -0.1) is 0 Å². The van der Waals surface area contributed by atoms with Gasteiger partial charge < -0.3 is 9.80 Å². The second-order valence-corrected chi connectivity index (χ2v) is 10.5. The Bertz CT molecular complexity index is 1860. The first-order chi connectivity index (χ1) is 19.3. The molecule has 9 nitrogen and oxygen atoms in total. The zero-order valence-corrected chi connectivity index (χ0v) is 23.4. The molecule has 0 saturated carbocycles.